The highest BCUT2D eigenvalue weighted by Crippen LogP contribution is 2.27. The lowest BCUT2D eigenvalue weighted by Crippen LogP contribution is -2.45. The fourth-order valence-corrected chi connectivity index (χ4v) is 3.82. The van der Waals surface area contributed by atoms with Gasteiger partial charge in [-0.05, 0) is 38.5 Å². The van der Waals surface area contributed by atoms with E-state index >= 15 is 0 Å². The van der Waals surface area contributed by atoms with Crippen LogP contribution in [0.1, 0.15) is 63.1 Å². The van der Waals surface area contributed by atoms with Gasteiger partial charge in [0, 0.05) is 25.6 Å². The number of piperidine rings is 1. The SMILES string of the molecule is Cc1noc(C2CCN(C(=O)NCCO[C@H]3CCCC[C@@H]3C)CC2)n1. The van der Waals surface area contributed by atoms with Gasteiger partial charge in [0.2, 0.25) is 5.89 Å². The van der Waals surface area contributed by atoms with E-state index in [0.29, 0.717) is 36.9 Å². The molecule has 140 valence electrons. The van der Waals surface area contributed by atoms with Crippen molar-refractivity contribution in [3.63, 3.8) is 0 Å². The average Bonchev–Trinajstić information content (AvgIpc) is 3.06. The molecule has 0 radical (unpaired) electrons. The van der Waals surface area contributed by atoms with Gasteiger partial charge in [-0.2, -0.15) is 4.98 Å². The number of nitrogens with zero attached hydrogens (tertiary/aromatic N) is 3. The van der Waals surface area contributed by atoms with E-state index in [9.17, 15) is 4.79 Å². The minimum absolute atomic E-state index is 0.000419. The Balaban J connectivity index is 1.32. The number of amides is 2. The third kappa shape index (κ3) is 4.93. The van der Waals surface area contributed by atoms with Crippen LogP contribution in [0.3, 0.4) is 0 Å². The minimum Gasteiger partial charge on any atom is -0.376 e. The maximum absolute atomic E-state index is 12.3. The molecule has 2 aliphatic rings. The van der Waals surface area contributed by atoms with Gasteiger partial charge in [-0.3, -0.25) is 0 Å². The van der Waals surface area contributed by atoms with Crippen molar-refractivity contribution in [3.8, 4) is 0 Å². The minimum atomic E-state index is 0.000419. The third-order valence-corrected chi connectivity index (χ3v) is 5.42. The van der Waals surface area contributed by atoms with Crippen LogP contribution in [-0.2, 0) is 4.74 Å². The van der Waals surface area contributed by atoms with E-state index in [1.165, 1.54) is 19.3 Å². The molecule has 1 aromatic heterocycles. The molecule has 2 atom stereocenters. The van der Waals surface area contributed by atoms with Crippen molar-refractivity contribution in [1.29, 1.82) is 0 Å². The van der Waals surface area contributed by atoms with Crippen molar-refractivity contribution in [2.24, 2.45) is 5.92 Å². The van der Waals surface area contributed by atoms with Crippen LogP contribution in [-0.4, -0.2) is 53.4 Å². The quantitative estimate of drug-likeness (QED) is 0.826. The summed E-state index contributed by atoms with van der Waals surface area (Å²) in [5, 5.41) is 6.82. The highest BCUT2D eigenvalue weighted by Gasteiger charge is 2.27. The maximum atomic E-state index is 12.3. The second-order valence-corrected chi connectivity index (χ2v) is 7.34. The molecule has 2 heterocycles. The van der Waals surface area contributed by atoms with Crippen LogP contribution in [0.5, 0.6) is 0 Å². The molecule has 1 N–H and O–H groups in total. The summed E-state index contributed by atoms with van der Waals surface area (Å²) < 4.78 is 11.2. The summed E-state index contributed by atoms with van der Waals surface area (Å²) in [6, 6.07) is 0.000419. The summed E-state index contributed by atoms with van der Waals surface area (Å²) in [6.07, 6.45) is 7.08. The van der Waals surface area contributed by atoms with Crippen LogP contribution in [0.2, 0.25) is 0 Å². The van der Waals surface area contributed by atoms with Crippen LogP contribution < -0.4 is 5.32 Å². The lowest BCUT2D eigenvalue weighted by molar-refractivity contribution is -0.00277. The van der Waals surface area contributed by atoms with Gasteiger partial charge >= 0.3 is 6.03 Å². The largest absolute Gasteiger partial charge is 0.376 e. The van der Waals surface area contributed by atoms with E-state index in [0.717, 1.165) is 32.4 Å². The third-order valence-electron chi connectivity index (χ3n) is 5.42. The average molecular weight is 350 g/mol. The van der Waals surface area contributed by atoms with Gasteiger partial charge in [-0.1, -0.05) is 24.9 Å². The second kappa shape index (κ2) is 8.65. The number of urea groups is 1. The van der Waals surface area contributed by atoms with Crippen LogP contribution in [0.15, 0.2) is 4.52 Å². The lowest BCUT2D eigenvalue weighted by atomic mass is 9.88. The molecule has 1 aliphatic carbocycles. The Morgan fingerprint density at radius 2 is 2.04 bits per heavy atom. The Labute approximate surface area is 149 Å². The first kappa shape index (κ1) is 18.2. The molecule has 2 amide bonds. The number of aromatic nitrogens is 2. The summed E-state index contributed by atoms with van der Waals surface area (Å²) >= 11 is 0. The molecule has 0 aromatic carbocycles. The zero-order valence-electron chi connectivity index (χ0n) is 15.4. The van der Waals surface area contributed by atoms with Crippen molar-refractivity contribution >= 4 is 6.03 Å². The van der Waals surface area contributed by atoms with Crippen molar-refractivity contribution in [2.75, 3.05) is 26.2 Å². The zero-order valence-corrected chi connectivity index (χ0v) is 15.4. The Hall–Kier alpha value is -1.63. The number of carbonyl (C=O) groups excluding carboxylic acids is 1. The summed E-state index contributed by atoms with van der Waals surface area (Å²) in [7, 11) is 0. The molecular weight excluding hydrogens is 320 g/mol. The van der Waals surface area contributed by atoms with Gasteiger partial charge in [0.05, 0.1) is 12.7 Å². The van der Waals surface area contributed by atoms with Gasteiger partial charge in [0.1, 0.15) is 0 Å². The molecule has 2 fully saturated rings. The highest BCUT2D eigenvalue weighted by molar-refractivity contribution is 5.74. The topological polar surface area (TPSA) is 80.5 Å². The first-order chi connectivity index (χ1) is 12.1. The Morgan fingerprint density at radius 3 is 2.72 bits per heavy atom. The molecule has 7 heteroatoms. The highest BCUT2D eigenvalue weighted by atomic mass is 16.5. The summed E-state index contributed by atoms with van der Waals surface area (Å²) in [6.45, 7) is 6.70. The number of hydrogen-bond acceptors (Lipinski definition) is 5. The fraction of sp³-hybridized carbons (Fsp3) is 0.833. The van der Waals surface area contributed by atoms with E-state index in [1.807, 2.05) is 11.8 Å². The smallest absolute Gasteiger partial charge is 0.317 e. The molecule has 25 heavy (non-hydrogen) atoms. The molecule has 1 aromatic rings. The Bertz CT molecular complexity index is 554. The summed E-state index contributed by atoms with van der Waals surface area (Å²) in [5.74, 6) is 2.27. The Kier molecular flexibility index (Phi) is 6.29. The zero-order chi connectivity index (χ0) is 17.6. The summed E-state index contributed by atoms with van der Waals surface area (Å²) in [4.78, 5) is 18.4. The van der Waals surface area contributed by atoms with E-state index in [-0.39, 0.29) is 11.9 Å². The molecule has 0 unspecified atom stereocenters. The Morgan fingerprint density at radius 1 is 1.28 bits per heavy atom. The predicted octanol–water partition coefficient (Wildman–Crippen LogP) is 2.86. The van der Waals surface area contributed by atoms with Crippen LogP contribution >= 0.6 is 0 Å². The number of nitrogens with one attached hydrogen (secondary N) is 1. The van der Waals surface area contributed by atoms with Crippen molar-refractivity contribution in [2.45, 2.75) is 64.4 Å². The van der Waals surface area contributed by atoms with Crippen LogP contribution in [0.4, 0.5) is 4.79 Å². The van der Waals surface area contributed by atoms with Crippen molar-refractivity contribution in [3.05, 3.63) is 11.7 Å². The van der Waals surface area contributed by atoms with Gasteiger partial charge in [-0.25, -0.2) is 4.79 Å². The van der Waals surface area contributed by atoms with Crippen LogP contribution in [0, 0.1) is 12.8 Å². The molecule has 7 nitrogen and oxygen atoms in total. The van der Waals surface area contributed by atoms with Crippen molar-refractivity contribution < 1.29 is 14.1 Å². The number of aryl methyl sites for hydroxylation is 1. The molecule has 3 rings (SSSR count). The number of rotatable bonds is 5. The first-order valence-electron chi connectivity index (χ1n) is 9.58. The molecule has 1 saturated heterocycles. The van der Waals surface area contributed by atoms with E-state index in [4.69, 9.17) is 9.26 Å². The predicted molar refractivity (Wildman–Crippen MR) is 93.4 cm³/mol. The van der Waals surface area contributed by atoms with Gasteiger partial charge < -0.3 is 19.5 Å². The maximum Gasteiger partial charge on any atom is 0.317 e. The van der Waals surface area contributed by atoms with E-state index < -0.39 is 0 Å². The van der Waals surface area contributed by atoms with Gasteiger partial charge in [0.15, 0.2) is 5.82 Å². The number of ether oxygens (including phenoxy) is 1. The number of likely N-dealkylation sites (tertiary alicyclic amines) is 1. The normalized spacial score (nSPS) is 25.1. The van der Waals surface area contributed by atoms with E-state index in [1.54, 1.807) is 0 Å². The molecule has 1 aliphatic heterocycles. The van der Waals surface area contributed by atoms with Gasteiger partial charge in [0.25, 0.3) is 0 Å². The summed E-state index contributed by atoms with van der Waals surface area (Å²) in [5.41, 5.74) is 0. The number of hydrogen-bond donors (Lipinski definition) is 1. The van der Waals surface area contributed by atoms with Crippen molar-refractivity contribution in [1.82, 2.24) is 20.4 Å². The van der Waals surface area contributed by atoms with Crippen LogP contribution in [0.25, 0.3) is 0 Å². The van der Waals surface area contributed by atoms with Gasteiger partial charge in [-0.15, -0.1) is 0 Å². The standard InChI is InChI=1S/C18H30N4O3/c1-13-5-3-4-6-16(13)24-12-9-19-18(23)22-10-7-15(8-11-22)17-20-14(2)21-25-17/h13,15-16H,3-12H2,1-2H3,(H,19,23)/t13-,16-/m0/s1. The monoisotopic (exact) mass is 350 g/mol. The molecular formula is C18H30N4O3. The molecule has 1 saturated carbocycles. The first-order valence-corrected chi connectivity index (χ1v) is 9.58. The fourth-order valence-electron chi connectivity index (χ4n) is 3.82. The molecule has 0 spiro atoms. The van der Waals surface area contributed by atoms with E-state index in [2.05, 4.69) is 22.4 Å². The molecule has 0 bridgehead atoms. The lowest BCUT2D eigenvalue weighted by Gasteiger charge is -2.31. The second-order valence-electron chi connectivity index (χ2n) is 7.34. The number of carbonyl (C=O) groups is 1.